The van der Waals surface area contributed by atoms with Crippen molar-refractivity contribution in [1.29, 1.82) is 0 Å². The minimum atomic E-state index is -0.272. The highest BCUT2D eigenvalue weighted by Crippen LogP contribution is 2.17. The van der Waals surface area contributed by atoms with E-state index in [1.807, 2.05) is 38.1 Å². The predicted octanol–water partition coefficient (Wildman–Crippen LogP) is 3.29. The molecule has 172 valence electrons. The van der Waals surface area contributed by atoms with Crippen LogP contribution < -0.4 is 4.74 Å². The van der Waals surface area contributed by atoms with E-state index in [-0.39, 0.29) is 18.0 Å². The molecule has 0 aromatic heterocycles. The summed E-state index contributed by atoms with van der Waals surface area (Å²) in [4.78, 5) is 30.9. The summed E-state index contributed by atoms with van der Waals surface area (Å²) in [6.07, 6.45) is 3.23. The van der Waals surface area contributed by atoms with E-state index >= 15 is 0 Å². The summed E-state index contributed by atoms with van der Waals surface area (Å²) in [7, 11) is 0. The van der Waals surface area contributed by atoms with Gasteiger partial charge >= 0.3 is 6.09 Å². The van der Waals surface area contributed by atoms with E-state index in [4.69, 9.17) is 9.47 Å². The third-order valence-corrected chi connectivity index (χ3v) is 6.06. The van der Waals surface area contributed by atoms with E-state index in [0.29, 0.717) is 50.9 Å². The van der Waals surface area contributed by atoms with E-state index in [0.717, 1.165) is 18.7 Å². The van der Waals surface area contributed by atoms with Crippen LogP contribution in [-0.2, 0) is 4.74 Å². The van der Waals surface area contributed by atoms with Crippen molar-refractivity contribution in [3.8, 4) is 5.75 Å². The Balaban J connectivity index is 1.36. The number of benzene rings is 1. The highest BCUT2D eigenvalue weighted by atomic mass is 16.6. The average molecular weight is 432 g/mol. The van der Waals surface area contributed by atoms with Crippen LogP contribution in [0.5, 0.6) is 5.75 Å². The second-order valence-electron chi connectivity index (χ2n) is 8.87. The van der Waals surface area contributed by atoms with Crippen LogP contribution in [0.2, 0.25) is 0 Å². The van der Waals surface area contributed by atoms with E-state index < -0.39 is 0 Å². The fourth-order valence-electron chi connectivity index (χ4n) is 4.18. The zero-order valence-electron chi connectivity index (χ0n) is 19.2. The zero-order valence-corrected chi connectivity index (χ0v) is 19.2. The summed E-state index contributed by atoms with van der Waals surface area (Å²) in [5.41, 5.74) is 0.694. The Bertz CT molecular complexity index is 714. The molecule has 1 aromatic rings. The minimum absolute atomic E-state index is 0.0905. The lowest BCUT2D eigenvalue weighted by molar-refractivity contribution is 0.0560. The molecular weight excluding hydrogens is 394 g/mol. The molecule has 2 saturated heterocycles. The predicted molar refractivity (Wildman–Crippen MR) is 121 cm³/mol. The number of likely N-dealkylation sites (tertiary alicyclic amines) is 1. The van der Waals surface area contributed by atoms with Gasteiger partial charge in [0.2, 0.25) is 0 Å². The lowest BCUT2D eigenvalue weighted by Gasteiger charge is -2.34. The van der Waals surface area contributed by atoms with Gasteiger partial charge in [0.25, 0.3) is 0 Å². The number of ketones is 1. The molecule has 7 heteroatoms. The van der Waals surface area contributed by atoms with Crippen molar-refractivity contribution in [2.24, 2.45) is 0 Å². The van der Waals surface area contributed by atoms with Crippen LogP contribution in [0.4, 0.5) is 4.79 Å². The number of amides is 1. The number of piperazine rings is 1. The van der Waals surface area contributed by atoms with Gasteiger partial charge in [-0.15, -0.1) is 0 Å². The Kier molecular flexibility index (Phi) is 8.72. The molecule has 2 fully saturated rings. The fraction of sp³-hybridized carbons (Fsp3) is 0.667. The van der Waals surface area contributed by atoms with Crippen molar-refractivity contribution < 1.29 is 19.1 Å². The van der Waals surface area contributed by atoms with Gasteiger partial charge in [-0.25, -0.2) is 4.79 Å². The summed E-state index contributed by atoms with van der Waals surface area (Å²) in [6.45, 7) is 11.9. The Morgan fingerprint density at radius 1 is 1.06 bits per heavy atom. The standard InChI is InChI=1S/C24H37N3O4/c1-19(2)31-24(29)27-15-13-25(14-16-27)18-23(28)21-7-9-22(10-8-21)30-17-5-12-26-11-4-6-20(26)3/h7-10,19-20H,4-6,11-18H2,1-3H3. The minimum Gasteiger partial charge on any atom is -0.494 e. The van der Waals surface area contributed by atoms with Crippen molar-refractivity contribution in [3.63, 3.8) is 0 Å². The number of rotatable bonds is 9. The van der Waals surface area contributed by atoms with Crippen molar-refractivity contribution in [2.75, 3.05) is 52.4 Å². The maximum atomic E-state index is 12.6. The second-order valence-corrected chi connectivity index (χ2v) is 8.87. The molecule has 1 atom stereocenters. The van der Waals surface area contributed by atoms with Gasteiger partial charge in [0.15, 0.2) is 5.78 Å². The van der Waals surface area contributed by atoms with Crippen molar-refractivity contribution >= 4 is 11.9 Å². The van der Waals surface area contributed by atoms with Crippen LogP contribution in [0.25, 0.3) is 0 Å². The summed E-state index contributed by atoms with van der Waals surface area (Å²) < 4.78 is 11.1. The van der Waals surface area contributed by atoms with Crippen molar-refractivity contribution in [1.82, 2.24) is 14.7 Å². The molecule has 0 saturated carbocycles. The van der Waals surface area contributed by atoms with Gasteiger partial charge in [-0.2, -0.15) is 0 Å². The van der Waals surface area contributed by atoms with Crippen molar-refractivity contribution in [2.45, 2.75) is 52.2 Å². The maximum Gasteiger partial charge on any atom is 0.410 e. The van der Waals surface area contributed by atoms with Gasteiger partial charge < -0.3 is 19.3 Å². The van der Waals surface area contributed by atoms with Gasteiger partial charge in [-0.3, -0.25) is 9.69 Å². The lowest BCUT2D eigenvalue weighted by atomic mass is 10.1. The molecule has 0 spiro atoms. The molecule has 0 bridgehead atoms. The molecule has 1 unspecified atom stereocenters. The van der Waals surface area contributed by atoms with Gasteiger partial charge in [0.05, 0.1) is 19.3 Å². The van der Waals surface area contributed by atoms with Crippen LogP contribution in [0.3, 0.4) is 0 Å². The monoisotopic (exact) mass is 431 g/mol. The first-order chi connectivity index (χ1) is 14.9. The van der Waals surface area contributed by atoms with Gasteiger partial charge in [0.1, 0.15) is 5.75 Å². The van der Waals surface area contributed by atoms with Crippen LogP contribution in [0, 0.1) is 0 Å². The quantitative estimate of drug-likeness (QED) is 0.442. The maximum absolute atomic E-state index is 12.6. The molecule has 1 aromatic carbocycles. The largest absolute Gasteiger partial charge is 0.494 e. The number of hydrogen-bond acceptors (Lipinski definition) is 6. The third-order valence-electron chi connectivity index (χ3n) is 6.06. The summed E-state index contributed by atoms with van der Waals surface area (Å²) in [6, 6.07) is 8.14. The van der Waals surface area contributed by atoms with E-state index in [1.165, 1.54) is 19.4 Å². The summed E-state index contributed by atoms with van der Waals surface area (Å²) >= 11 is 0. The molecular formula is C24H37N3O4. The Morgan fingerprint density at radius 2 is 1.77 bits per heavy atom. The molecule has 1 amide bonds. The number of carbonyl (C=O) groups excluding carboxylic acids is 2. The molecule has 0 N–H and O–H groups in total. The number of ether oxygens (including phenoxy) is 2. The molecule has 7 nitrogen and oxygen atoms in total. The van der Waals surface area contributed by atoms with Gasteiger partial charge in [-0.05, 0) is 70.8 Å². The first-order valence-electron chi connectivity index (χ1n) is 11.6. The summed E-state index contributed by atoms with van der Waals surface area (Å²) in [5, 5.41) is 0. The highest BCUT2D eigenvalue weighted by Gasteiger charge is 2.24. The molecule has 2 aliphatic rings. The van der Waals surface area contributed by atoms with E-state index in [2.05, 4.69) is 16.7 Å². The highest BCUT2D eigenvalue weighted by molar-refractivity contribution is 5.97. The van der Waals surface area contributed by atoms with Crippen LogP contribution >= 0.6 is 0 Å². The van der Waals surface area contributed by atoms with Gasteiger partial charge in [0, 0.05) is 44.3 Å². The fourth-order valence-corrected chi connectivity index (χ4v) is 4.18. The van der Waals surface area contributed by atoms with Crippen molar-refractivity contribution in [3.05, 3.63) is 29.8 Å². The van der Waals surface area contributed by atoms with Crippen LogP contribution in [-0.4, -0.2) is 91.1 Å². The van der Waals surface area contributed by atoms with E-state index in [9.17, 15) is 9.59 Å². The van der Waals surface area contributed by atoms with Crippen LogP contribution in [0.15, 0.2) is 24.3 Å². The lowest BCUT2D eigenvalue weighted by Crippen LogP contribution is -2.50. The van der Waals surface area contributed by atoms with Gasteiger partial charge in [-0.1, -0.05) is 0 Å². The Morgan fingerprint density at radius 3 is 2.39 bits per heavy atom. The molecule has 2 aliphatic heterocycles. The average Bonchev–Trinajstić information content (AvgIpc) is 3.16. The molecule has 31 heavy (non-hydrogen) atoms. The number of hydrogen-bond donors (Lipinski definition) is 0. The first kappa shape index (κ1) is 23.5. The molecule has 0 aliphatic carbocycles. The molecule has 2 heterocycles. The Labute approximate surface area is 186 Å². The SMILES string of the molecule is CC(C)OC(=O)N1CCN(CC(=O)c2ccc(OCCCN3CCCC3C)cc2)CC1. The Hall–Kier alpha value is -2.12. The zero-order chi connectivity index (χ0) is 22.2. The van der Waals surface area contributed by atoms with E-state index in [1.54, 1.807) is 4.90 Å². The second kappa shape index (κ2) is 11.5. The molecule has 0 radical (unpaired) electrons. The van der Waals surface area contributed by atoms with Crippen LogP contribution in [0.1, 0.15) is 50.4 Å². The molecule has 3 rings (SSSR count). The summed E-state index contributed by atoms with van der Waals surface area (Å²) in [5.74, 6) is 0.899. The topological polar surface area (TPSA) is 62.3 Å². The number of nitrogens with zero attached hydrogens (tertiary/aromatic N) is 3. The third kappa shape index (κ3) is 7.21. The smallest absolute Gasteiger partial charge is 0.410 e. The number of Topliss-reactive ketones (excluding diaryl/α,β-unsaturated/α-hetero) is 1. The first-order valence-corrected chi connectivity index (χ1v) is 11.6. The normalized spacial score (nSPS) is 20.3. The number of carbonyl (C=O) groups is 2.